The van der Waals surface area contributed by atoms with E-state index in [2.05, 4.69) is 26.3 Å². The van der Waals surface area contributed by atoms with Gasteiger partial charge in [-0.25, -0.2) is 4.39 Å². The number of hydrogen-bond acceptors (Lipinski definition) is 4. The van der Waals surface area contributed by atoms with E-state index >= 15 is 0 Å². The molecule has 1 N–H and O–H groups in total. The lowest BCUT2D eigenvalue weighted by Crippen LogP contribution is -2.12. The quantitative estimate of drug-likeness (QED) is 0.400. The zero-order valence-corrected chi connectivity index (χ0v) is 17.3. The topological polar surface area (TPSA) is 69.3 Å². The fourth-order valence-corrected chi connectivity index (χ4v) is 3.16. The molecule has 0 atom stereocenters. The van der Waals surface area contributed by atoms with Crippen molar-refractivity contribution in [2.75, 3.05) is 5.32 Å². The van der Waals surface area contributed by atoms with E-state index in [-0.39, 0.29) is 18.2 Å². The SMILES string of the molecule is O=C(Nc1ccn(Cc2ccc(F)cc2)n1)c1ccc(COc2ccccc2Br)o1. The van der Waals surface area contributed by atoms with E-state index in [9.17, 15) is 9.18 Å². The maximum Gasteiger partial charge on any atom is 0.292 e. The van der Waals surface area contributed by atoms with Crippen LogP contribution >= 0.6 is 15.9 Å². The lowest BCUT2D eigenvalue weighted by molar-refractivity contribution is 0.0992. The van der Waals surface area contributed by atoms with Gasteiger partial charge in [0.15, 0.2) is 11.6 Å². The Labute approximate surface area is 180 Å². The average Bonchev–Trinajstić information content (AvgIpc) is 3.39. The fraction of sp³-hybridized carbons (Fsp3) is 0.0909. The standard InChI is InChI=1S/C22H17BrFN3O3/c23-18-3-1-2-4-19(18)29-14-17-9-10-20(30-17)22(28)25-21-11-12-27(26-21)13-15-5-7-16(24)8-6-15/h1-12H,13-14H2,(H,25,26,28). The molecule has 0 saturated carbocycles. The first-order valence-corrected chi connectivity index (χ1v) is 9.91. The van der Waals surface area contributed by atoms with Crippen LogP contribution in [0.4, 0.5) is 10.2 Å². The monoisotopic (exact) mass is 469 g/mol. The number of amides is 1. The number of aromatic nitrogens is 2. The molecule has 0 fully saturated rings. The predicted octanol–water partition coefficient (Wildman–Crippen LogP) is 5.26. The Hall–Kier alpha value is -3.39. The van der Waals surface area contributed by atoms with Crippen LogP contribution in [-0.4, -0.2) is 15.7 Å². The summed E-state index contributed by atoms with van der Waals surface area (Å²) < 4.78 is 26.8. The Morgan fingerprint density at radius 2 is 1.90 bits per heavy atom. The molecule has 2 heterocycles. The molecule has 0 spiro atoms. The predicted molar refractivity (Wildman–Crippen MR) is 113 cm³/mol. The number of halogens is 2. The Kier molecular flexibility index (Phi) is 5.94. The Morgan fingerprint density at radius 1 is 1.10 bits per heavy atom. The zero-order chi connectivity index (χ0) is 20.9. The van der Waals surface area contributed by atoms with Gasteiger partial charge in [0.05, 0.1) is 11.0 Å². The van der Waals surface area contributed by atoms with E-state index in [1.54, 1.807) is 41.2 Å². The van der Waals surface area contributed by atoms with Crippen LogP contribution in [0, 0.1) is 5.82 Å². The first-order chi connectivity index (χ1) is 14.6. The highest BCUT2D eigenvalue weighted by Gasteiger charge is 2.13. The van der Waals surface area contributed by atoms with Gasteiger partial charge in [0.1, 0.15) is 23.9 Å². The molecule has 6 nitrogen and oxygen atoms in total. The molecule has 2 aromatic carbocycles. The van der Waals surface area contributed by atoms with Crippen LogP contribution in [0.3, 0.4) is 0 Å². The lowest BCUT2D eigenvalue weighted by Gasteiger charge is -2.05. The van der Waals surface area contributed by atoms with Gasteiger partial charge in [-0.05, 0) is 57.9 Å². The average molecular weight is 470 g/mol. The van der Waals surface area contributed by atoms with Crippen LogP contribution in [0.5, 0.6) is 5.75 Å². The third-order valence-corrected chi connectivity index (χ3v) is 4.89. The summed E-state index contributed by atoms with van der Waals surface area (Å²) in [6, 6.07) is 18.6. The van der Waals surface area contributed by atoms with Gasteiger partial charge < -0.3 is 14.5 Å². The van der Waals surface area contributed by atoms with Gasteiger partial charge in [0.2, 0.25) is 0 Å². The summed E-state index contributed by atoms with van der Waals surface area (Å²) in [5, 5.41) is 7.00. The summed E-state index contributed by atoms with van der Waals surface area (Å²) >= 11 is 3.42. The molecular formula is C22H17BrFN3O3. The van der Waals surface area contributed by atoms with Crippen molar-refractivity contribution < 1.29 is 18.3 Å². The molecule has 0 aliphatic heterocycles. The van der Waals surface area contributed by atoms with E-state index in [4.69, 9.17) is 9.15 Å². The molecule has 1 amide bonds. The third-order valence-electron chi connectivity index (χ3n) is 4.23. The van der Waals surface area contributed by atoms with E-state index in [0.29, 0.717) is 23.9 Å². The molecule has 4 rings (SSSR count). The van der Waals surface area contributed by atoms with Crippen molar-refractivity contribution in [2.45, 2.75) is 13.2 Å². The van der Waals surface area contributed by atoms with E-state index in [0.717, 1.165) is 10.0 Å². The first kappa shape index (κ1) is 19.9. The Bertz CT molecular complexity index is 1150. The van der Waals surface area contributed by atoms with Crippen LogP contribution in [0.15, 0.2) is 81.8 Å². The number of hydrogen-bond donors (Lipinski definition) is 1. The molecular weight excluding hydrogens is 453 g/mol. The molecule has 4 aromatic rings. The van der Waals surface area contributed by atoms with Crippen LogP contribution in [0.25, 0.3) is 0 Å². The van der Waals surface area contributed by atoms with E-state index in [1.165, 1.54) is 12.1 Å². The fourth-order valence-electron chi connectivity index (χ4n) is 2.76. The first-order valence-electron chi connectivity index (χ1n) is 9.12. The molecule has 0 bridgehead atoms. The molecule has 8 heteroatoms. The molecule has 0 aliphatic carbocycles. The van der Waals surface area contributed by atoms with Gasteiger partial charge in [0.25, 0.3) is 5.91 Å². The van der Waals surface area contributed by atoms with Crippen molar-refractivity contribution in [3.63, 3.8) is 0 Å². The van der Waals surface area contributed by atoms with Crippen molar-refractivity contribution in [1.82, 2.24) is 9.78 Å². The van der Waals surface area contributed by atoms with Crippen molar-refractivity contribution >= 4 is 27.7 Å². The summed E-state index contributed by atoms with van der Waals surface area (Å²) in [4.78, 5) is 12.4. The third kappa shape index (κ3) is 4.96. The number of rotatable bonds is 7. The van der Waals surface area contributed by atoms with E-state index < -0.39 is 5.91 Å². The number of carbonyl (C=O) groups excluding carboxylic acids is 1. The number of nitrogens with zero attached hydrogens (tertiary/aromatic N) is 2. The van der Waals surface area contributed by atoms with Crippen LogP contribution < -0.4 is 10.1 Å². The van der Waals surface area contributed by atoms with Crippen molar-refractivity contribution in [3.05, 3.63) is 100 Å². The molecule has 0 aliphatic rings. The zero-order valence-electron chi connectivity index (χ0n) is 15.7. The van der Waals surface area contributed by atoms with Gasteiger partial charge in [-0.2, -0.15) is 5.10 Å². The number of carbonyl (C=O) groups is 1. The summed E-state index contributed by atoms with van der Waals surface area (Å²) in [6.45, 7) is 0.662. The highest BCUT2D eigenvalue weighted by molar-refractivity contribution is 9.10. The molecule has 30 heavy (non-hydrogen) atoms. The maximum absolute atomic E-state index is 13.0. The minimum absolute atomic E-state index is 0.161. The molecule has 2 aromatic heterocycles. The summed E-state index contributed by atoms with van der Waals surface area (Å²) in [6.07, 6.45) is 1.73. The van der Waals surface area contributed by atoms with Crippen LogP contribution in [-0.2, 0) is 13.2 Å². The molecule has 152 valence electrons. The lowest BCUT2D eigenvalue weighted by atomic mass is 10.2. The normalized spacial score (nSPS) is 10.7. The van der Waals surface area contributed by atoms with Crippen LogP contribution in [0.1, 0.15) is 21.9 Å². The number of benzene rings is 2. The molecule has 0 radical (unpaired) electrons. The smallest absolute Gasteiger partial charge is 0.292 e. The minimum Gasteiger partial charge on any atom is -0.484 e. The largest absolute Gasteiger partial charge is 0.484 e. The second-order valence-corrected chi connectivity index (χ2v) is 7.32. The van der Waals surface area contributed by atoms with Gasteiger partial charge in [-0.1, -0.05) is 24.3 Å². The highest BCUT2D eigenvalue weighted by atomic mass is 79.9. The number of para-hydroxylation sites is 1. The van der Waals surface area contributed by atoms with Gasteiger partial charge >= 0.3 is 0 Å². The van der Waals surface area contributed by atoms with Gasteiger partial charge in [0, 0.05) is 12.3 Å². The Balaban J connectivity index is 1.34. The van der Waals surface area contributed by atoms with Crippen molar-refractivity contribution in [3.8, 4) is 5.75 Å². The number of furan rings is 1. The van der Waals surface area contributed by atoms with Gasteiger partial charge in [-0.3, -0.25) is 9.48 Å². The summed E-state index contributed by atoms with van der Waals surface area (Å²) in [7, 11) is 0. The van der Waals surface area contributed by atoms with Crippen LogP contribution in [0.2, 0.25) is 0 Å². The maximum atomic E-state index is 13.0. The summed E-state index contributed by atoms with van der Waals surface area (Å²) in [5.74, 6) is 1.07. The molecule has 0 unspecified atom stereocenters. The minimum atomic E-state index is -0.408. The van der Waals surface area contributed by atoms with E-state index in [1.807, 2.05) is 24.3 Å². The van der Waals surface area contributed by atoms with Crippen molar-refractivity contribution in [1.29, 1.82) is 0 Å². The second kappa shape index (κ2) is 8.96. The second-order valence-electron chi connectivity index (χ2n) is 6.46. The highest BCUT2D eigenvalue weighted by Crippen LogP contribution is 2.25. The van der Waals surface area contributed by atoms with Gasteiger partial charge in [-0.15, -0.1) is 0 Å². The molecule has 0 saturated heterocycles. The summed E-state index contributed by atoms with van der Waals surface area (Å²) in [5.41, 5.74) is 0.901. The number of anilines is 1. The van der Waals surface area contributed by atoms with Crippen molar-refractivity contribution in [2.24, 2.45) is 0 Å². The Morgan fingerprint density at radius 3 is 2.70 bits per heavy atom. The number of nitrogens with one attached hydrogen (secondary N) is 1. The number of ether oxygens (including phenoxy) is 1.